The number of hydrogen-bond donors (Lipinski definition) is 0. The highest BCUT2D eigenvalue weighted by Gasteiger charge is 2.18. The molecule has 0 aliphatic carbocycles. The van der Waals surface area contributed by atoms with Gasteiger partial charge in [-0.1, -0.05) is 6.07 Å². The molecule has 154 valence electrons. The first kappa shape index (κ1) is 20.0. The molecule has 4 rings (SSSR count). The molecule has 0 saturated heterocycles. The SMILES string of the molecule is COC(=O)Oc1ccn2c(-c3ccc(F)c(-c4ccc(F)cc4C#N)c3)cnc2c1F. The average Bonchev–Trinajstić information content (AvgIpc) is 3.21. The standard InChI is InChI=1S/C22H12F3N3O3/c1-30-22(29)31-19-6-7-28-18(11-27-21(28)20(19)25)12-2-5-17(24)16(9-12)15-4-3-14(23)8-13(15)10-26/h2-9,11H,1H3. The molecule has 0 aliphatic heterocycles. The number of pyridine rings is 1. The number of hydrogen-bond acceptors (Lipinski definition) is 5. The highest BCUT2D eigenvalue weighted by molar-refractivity contribution is 5.77. The molecule has 0 unspecified atom stereocenters. The van der Waals surface area contributed by atoms with E-state index in [9.17, 15) is 23.2 Å². The summed E-state index contributed by atoms with van der Waals surface area (Å²) in [6.07, 6.45) is 1.72. The molecule has 4 aromatic rings. The van der Waals surface area contributed by atoms with Crippen molar-refractivity contribution in [3.63, 3.8) is 0 Å². The number of fused-ring (bicyclic) bond motifs is 1. The topological polar surface area (TPSA) is 76.6 Å². The minimum atomic E-state index is -1.08. The minimum Gasteiger partial charge on any atom is -0.437 e. The molecule has 0 radical (unpaired) electrons. The highest BCUT2D eigenvalue weighted by Crippen LogP contribution is 2.32. The number of carbonyl (C=O) groups excluding carboxylic acids is 1. The van der Waals surface area contributed by atoms with E-state index in [4.69, 9.17) is 4.74 Å². The van der Waals surface area contributed by atoms with Crippen LogP contribution in [0.15, 0.2) is 54.9 Å². The molecule has 9 heteroatoms. The van der Waals surface area contributed by atoms with Gasteiger partial charge in [0.2, 0.25) is 5.82 Å². The number of benzene rings is 2. The molecule has 0 bridgehead atoms. The Labute approximate surface area is 173 Å². The Bertz CT molecular complexity index is 1380. The van der Waals surface area contributed by atoms with Crippen molar-refractivity contribution in [2.45, 2.75) is 0 Å². The summed E-state index contributed by atoms with van der Waals surface area (Å²) in [4.78, 5) is 15.3. The third-order valence-electron chi connectivity index (χ3n) is 4.60. The maximum absolute atomic E-state index is 14.7. The monoisotopic (exact) mass is 423 g/mol. The van der Waals surface area contributed by atoms with Crippen molar-refractivity contribution in [1.82, 2.24) is 9.38 Å². The Morgan fingerprint density at radius 2 is 1.90 bits per heavy atom. The van der Waals surface area contributed by atoms with Crippen LogP contribution in [0.4, 0.5) is 18.0 Å². The van der Waals surface area contributed by atoms with Gasteiger partial charge in [0.05, 0.1) is 30.6 Å². The van der Waals surface area contributed by atoms with Crippen molar-refractivity contribution in [3.05, 3.63) is 77.9 Å². The minimum absolute atomic E-state index is 0.0233. The van der Waals surface area contributed by atoms with Gasteiger partial charge in [-0.2, -0.15) is 9.65 Å². The molecular formula is C22H12F3N3O3. The molecular weight excluding hydrogens is 411 g/mol. The van der Waals surface area contributed by atoms with Gasteiger partial charge in [-0.15, -0.1) is 0 Å². The van der Waals surface area contributed by atoms with Crippen LogP contribution in [0.2, 0.25) is 0 Å². The van der Waals surface area contributed by atoms with Gasteiger partial charge in [0.15, 0.2) is 11.4 Å². The summed E-state index contributed by atoms with van der Waals surface area (Å²) < 4.78 is 53.2. The van der Waals surface area contributed by atoms with Crippen molar-refractivity contribution in [3.8, 4) is 34.2 Å². The summed E-state index contributed by atoms with van der Waals surface area (Å²) >= 11 is 0. The van der Waals surface area contributed by atoms with Gasteiger partial charge in [0, 0.05) is 29.0 Å². The second kappa shape index (κ2) is 7.84. The predicted molar refractivity (Wildman–Crippen MR) is 104 cm³/mol. The van der Waals surface area contributed by atoms with Crippen LogP contribution in [0.3, 0.4) is 0 Å². The van der Waals surface area contributed by atoms with Gasteiger partial charge in [0.25, 0.3) is 0 Å². The van der Waals surface area contributed by atoms with Crippen LogP contribution in [0.1, 0.15) is 5.56 Å². The number of ether oxygens (including phenoxy) is 2. The number of halogens is 3. The fourth-order valence-corrected chi connectivity index (χ4v) is 3.16. The smallest absolute Gasteiger partial charge is 0.437 e. The fourth-order valence-electron chi connectivity index (χ4n) is 3.16. The Hall–Kier alpha value is -4.32. The van der Waals surface area contributed by atoms with E-state index in [0.29, 0.717) is 11.3 Å². The lowest BCUT2D eigenvalue weighted by molar-refractivity contribution is 0.120. The molecule has 6 nitrogen and oxygen atoms in total. The van der Waals surface area contributed by atoms with Crippen LogP contribution < -0.4 is 4.74 Å². The number of aromatic nitrogens is 2. The number of nitrogens with zero attached hydrogens (tertiary/aromatic N) is 3. The van der Waals surface area contributed by atoms with Crippen LogP contribution in [0.5, 0.6) is 5.75 Å². The first-order valence-corrected chi connectivity index (χ1v) is 8.84. The summed E-state index contributed by atoms with van der Waals surface area (Å²) in [5.74, 6) is -2.47. The van der Waals surface area contributed by atoms with E-state index in [0.717, 1.165) is 19.2 Å². The number of methoxy groups -OCH3 is 1. The number of rotatable bonds is 3. The maximum Gasteiger partial charge on any atom is 0.513 e. The fraction of sp³-hybridized carbons (Fsp3) is 0.0455. The number of carbonyl (C=O) groups is 1. The molecule has 2 aromatic carbocycles. The zero-order chi connectivity index (χ0) is 22.1. The van der Waals surface area contributed by atoms with Gasteiger partial charge in [0.1, 0.15) is 11.6 Å². The van der Waals surface area contributed by atoms with E-state index >= 15 is 0 Å². The van der Waals surface area contributed by atoms with E-state index in [1.54, 1.807) is 0 Å². The zero-order valence-electron chi connectivity index (χ0n) is 15.9. The largest absolute Gasteiger partial charge is 0.513 e. The van der Waals surface area contributed by atoms with Gasteiger partial charge < -0.3 is 9.47 Å². The molecule has 0 saturated carbocycles. The normalized spacial score (nSPS) is 10.7. The average molecular weight is 423 g/mol. The van der Waals surface area contributed by atoms with E-state index in [1.807, 2.05) is 6.07 Å². The van der Waals surface area contributed by atoms with E-state index in [1.165, 1.54) is 47.1 Å². The van der Waals surface area contributed by atoms with E-state index in [2.05, 4.69) is 9.72 Å². The Balaban J connectivity index is 1.83. The van der Waals surface area contributed by atoms with Crippen LogP contribution in [-0.2, 0) is 4.74 Å². The Morgan fingerprint density at radius 1 is 1.10 bits per heavy atom. The van der Waals surface area contributed by atoms with Crippen molar-refractivity contribution in [2.75, 3.05) is 7.11 Å². The number of imidazole rings is 1. The molecule has 0 atom stereocenters. The predicted octanol–water partition coefficient (Wildman–Crippen LogP) is 5.10. The summed E-state index contributed by atoms with van der Waals surface area (Å²) in [5.41, 5.74) is 1.04. The van der Waals surface area contributed by atoms with Gasteiger partial charge in [-0.25, -0.2) is 18.6 Å². The Morgan fingerprint density at radius 3 is 2.65 bits per heavy atom. The second-order valence-corrected chi connectivity index (χ2v) is 6.38. The summed E-state index contributed by atoms with van der Waals surface area (Å²) in [7, 11) is 1.09. The molecule has 2 aromatic heterocycles. The van der Waals surface area contributed by atoms with Crippen LogP contribution >= 0.6 is 0 Å². The Kier molecular flexibility index (Phi) is 5.05. The first-order chi connectivity index (χ1) is 14.9. The maximum atomic E-state index is 14.7. The van der Waals surface area contributed by atoms with Gasteiger partial charge in [-0.3, -0.25) is 4.40 Å². The van der Waals surface area contributed by atoms with Crippen LogP contribution in [-0.4, -0.2) is 22.6 Å². The lowest BCUT2D eigenvalue weighted by Gasteiger charge is -2.10. The molecule has 2 heterocycles. The van der Waals surface area contributed by atoms with E-state index in [-0.39, 0.29) is 28.1 Å². The molecule has 0 fully saturated rings. The number of nitriles is 1. The van der Waals surface area contributed by atoms with Crippen LogP contribution in [0, 0.1) is 28.8 Å². The van der Waals surface area contributed by atoms with Crippen molar-refractivity contribution in [1.29, 1.82) is 5.26 Å². The molecule has 31 heavy (non-hydrogen) atoms. The van der Waals surface area contributed by atoms with Gasteiger partial charge in [-0.05, 0) is 30.3 Å². The lowest BCUT2D eigenvalue weighted by Crippen LogP contribution is -2.09. The molecule has 0 aliphatic rings. The highest BCUT2D eigenvalue weighted by atomic mass is 19.1. The van der Waals surface area contributed by atoms with E-state index < -0.39 is 23.6 Å². The molecule has 0 spiro atoms. The van der Waals surface area contributed by atoms with Crippen LogP contribution in [0.25, 0.3) is 28.0 Å². The first-order valence-electron chi connectivity index (χ1n) is 8.84. The van der Waals surface area contributed by atoms with Crippen molar-refractivity contribution < 1.29 is 27.4 Å². The van der Waals surface area contributed by atoms with Crippen molar-refractivity contribution >= 4 is 11.8 Å². The summed E-state index contributed by atoms with van der Waals surface area (Å²) in [6, 6.07) is 10.7. The third kappa shape index (κ3) is 3.55. The third-order valence-corrected chi connectivity index (χ3v) is 4.60. The van der Waals surface area contributed by atoms with Crippen molar-refractivity contribution in [2.24, 2.45) is 0 Å². The molecule has 0 amide bonds. The second-order valence-electron chi connectivity index (χ2n) is 6.38. The zero-order valence-corrected chi connectivity index (χ0v) is 15.9. The quantitative estimate of drug-likeness (QED) is 0.429. The summed E-state index contributed by atoms with van der Waals surface area (Å²) in [6.45, 7) is 0. The summed E-state index contributed by atoms with van der Waals surface area (Å²) in [5, 5.41) is 9.29. The molecule has 0 N–H and O–H groups in total. The van der Waals surface area contributed by atoms with Gasteiger partial charge >= 0.3 is 6.16 Å². The lowest BCUT2D eigenvalue weighted by atomic mass is 9.97.